The summed E-state index contributed by atoms with van der Waals surface area (Å²) in [6.45, 7) is 1.83. The molecule has 1 aromatic heterocycles. The number of aryl methyl sites for hydroxylation is 1. The molecule has 0 aliphatic carbocycles. The molecule has 2 aromatic rings. The fraction of sp³-hybridized carbons (Fsp3) is 0.0833. The molecule has 0 aliphatic heterocycles. The average molecular weight is 288 g/mol. The van der Waals surface area contributed by atoms with Gasteiger partial charge in [-0.25, -0.2) is 17.6 Å². The summed E-state index contributed by atoms with van der Waals surface area (Å²) < 4.78 is 52.4. The molecule has 0 saturated carbocycles. The molecule has 1 aromatic carbocycles. The van der Waals surface area contributed by atoms with Crippen LogP contribution in [0, 0.1) is 30.2 Å². The van der Waals surface area contributed by atoms with Gasteiger partial charge in [-0.3, -0.25) is 5.43 Å². The van der Waals surface area contributed by atoms with E-state index >= 15 is 0 Å². The number of hydrazone groups is 1. The van der Waals surface area contributed by atoms with Crippen LogP contribution in [0.25, 0.3) is 0 Å². The molecule has 0 aliphatic rings. The van der Waals surface area contributed by atoms with Gasteiger partial charge in [0, 0.05) is 10.9 Å². The van der Waals surface area contributed by atoms with Crippen LogP contribution in [-0.4, -0.2) is 6.21 Å². The molecule has 0 bridgehead atoms. The van der Waals surface area contributed by atoms with Crippen molar-refractivity contribution in [3.63, 3.8) is 0 Å². The fourth-order valence-electron chi connectivity index (χ4n) is 1.34. The minimum absolute atomic E-state index is 0.142. The lowest BCUT2D eigenvalue weighted by Crippen LogP contribution is -2.02. The van der Waals surface area contributed by atoms with Crippen LogP contribution in [0.15, 0.2) is 22.6 Å². The van der Waals surface area contributed by atoms with Gasteiger partial charge in [0.05, 0.1) is 6.21 Å². The van der Waals surface area contributed by atoms with E-state index in [1.54, 1.807) is 0 Å². The summed E-state index contributed by atoms with van der Waals surface area (Å²) in [5, 5.41) is 5.39. The minimum atomic E-state index is -1.51. The molecule has 0 amide bonds. The molecule has 1 heterocycles. The third kappa shape index (κ3) is 2.76. The molecule has 1 N–H and O–H groups in total. The molecule has 0 radical (unpaired) electrons. The monoisotopic (exact) mass is 288 g/mol. The zero-order valence-corrected chi connectivity index (χ0v) is 10.5. The Labute approximate surface area is 110 Å². The summed E-state index contributed by atoms with van der Waals surface area (Å²) in [6.07, 6.45) is 1.32. The maximum absolute atomic E-state index is 13.3. The SMILES string of the molecule is Cc1ccsc1/C=N/Nc1c(F)c(F)cc(F)c1F. The van der Waals surface area contributed by atoms with Crippen LogP contribution < -0.4 is 5.43 Å². The second-order valence-corrected chi connectivity index (χ2v) is 4.63. The van der Waals surface area contributed by atoms with Gasteiger partial charge >= 0.3 is 0 Å². The summed E-state index contributed by atoms with van der Waals surface area (Å²) in [5.41, 5.74) is 1.95. The smallest absolute Gasteiger partial charge is 0.186 e. The molecular weight excluding hydrogens is 280 g/mol. The number of benzene rings is 1. The van der Waals surface area contributed by atoms with Crippen LogP contribution in [0.3, 0.4) is 0 Å². The maximum atomic E-state index is 13.3. The zero-order chi connectivity index (χ0) is 14.0. The molecule has 7 heteroatoms. The van der Waals surface area contributed by atoms with E-state index in [4.69, 9.17) is 0 Å². The molecule has 2 nitrogen and oxygen atoms in total. The highest BCUT2D eigenvalue weighted by Gasteiger charge is 2.18. The van der Waals surface area contributed by atoms with Crippen molar-refractivity contribution in [3.05, 3.63) is 51.2 Å². The van der Waals surface area contributed by atoms with Crippen LogP contribution in [0.1, 0.15) is 10.4 Å². The first-order valence-electron chi connectivity index (χ1n) is 5.17. The molecule has 0 spiro atoms. The molecule has 0 unspecified atom stereocenters. The number of halogens is 4. The van der Waals surface area contributed by atoms with Crippen LogP contribution in [0.2, 0.25) is 0 Å². The highest BCUT2D eigenvalue weighted by atomic mass is 32.1. The summed E-state index contributed by atoms with van der Waals surface area (Å²) in [6, 6.07) is 1.98. The predicted molar refractivity (Wildman–Crippen MR) is 66.5 cm³/mol. The van der Waals surface area contributed by atoms with E-state index in [1.807, 2.05) is 23.8 Å². The molecule has 100 valence electrons. The van der Waals surface area contributed by atoms with E-state index in [1.165, 1.54) is 17.6 Å². The van der Waals surface area contributed by atoms with E-state index in [0.717, 1.165) is 10.4 Å². The summed E-state index contributed by atoms with van der Waals surface area (Å²) in [7, 11) is 0. The van der Waals surface area contributed by atoms with Gasteiger partial charge in [0.2, 0.25) is 0 Å². The quantitative estimate of drug-likeness (QED) is 0.392. The highest BCUT2D eigenvalue weighted by molar-refractivity contribution is 7.11. The summed E-state index contributed by atoms with van der Waals surface area (Å²) in [5.74, 6) is -5.99. The number of nitrogens with one attached hydrogen (secondary N) is 1. The zero-order valence-electron chi connectivity index (χ0n) is 9.68. The van der Waals surface area contributed by atoms with Crippen LogP contribution in [-0.2, 0) is 0 Å². The van der Waals surface area contributed by atoms with Gasteiger partial charge in [-0.05, 0) is 23.9 Å². The van der Waals surface area contributed by atoms with E-state index < -0.39 is 29.0 Å². The van der Waals surface area contributed by atoms with Crippen LogP contribution >= 0.6 is 11.3 Å². The molecular formula is C12H8F4N2S. The second-order valence-electron chi connectivity index (χ2n) is 3.68. The Kier molecular flexibility index (Phi) is 3.84. The number of thiophene rings is 1. The van der Waals surface area contributed by atoms with Crippen molar-refractivity contribution in [2.45, 2.75) is 6.92 Å². The Bertz CT molecular complexity index is 611. The second kappa shape index (κ2) is 5.40. The molecule has 2 rings (SSSR count). The van der Waals surface area contributed by atoms with Gasteiger partial charge in [-0.2, -0.15) is 5.10 Å². The Morgan fingerprint density at radius 3 is 2.32 bits per heavy atom. The van der Waals surface area contributed by atoms with Gasteiger partial charge in [0.25, 0.3) is 0 Å². The van der Waals surface area contributed by atoms with Crippen molar-refractivity contribution in [1.82, 2.24) is 0 Å². The van der Waals surface area contributed by atoms with E-state index in [-0.39, 0.29) is 6.07 Å². The molecule has 19 heavy (non-hydrogen) atoms. The predicted octanol–water partition coefficient (Wildman–Crippen LogP) is 4.06. The third-order valence-electron chi connectivity index (χ3n) is 2.37. The van der Waals surface area contributed by atoms with Crippen LogP contribution in [0.5, 0.6) is 0 Å². The number of nitrogens with zero attached hydrogens (tertiary/aromatic N) is 1. The lowest BCUT2D eigenvalue weighted by molar-refractivity contribution is 0.458. The first kappa shape index (κ1) is 13.5. The van der Waals surface area contributed by atoms with Crippen molar-refractivity contribution in [2.24, 2.45) is 5.10 Å². The topological polar surface area (TPSA) is 24.4 Å². The first-order chi connectivity index (χ1) is 9.00. The van der Waals surface area contributed by atoms with Crippen molar-refractivity contribution in [3.8, 4) is 0 Å². The molecule has 0 atom stereocenters. The molecule has 0 saturated heterocycles. The van der Waals surface area contributed by atoms with Crippen molar-refractivity contribution in [2.75, 3.05) is 5.43 Å². The largest absolute Gasteiger partial charge is 0.272 e. The van der Waals surface area contributed by atoms with Crippen molar-refractivity contribution < 1.29 is 17.6 Å². The van der Waals surface area contributed by atoms with E-state index in [0.29, 0.717) is 0 Å². The number of hydrogen-bond donors (Lipinski definition) is 1. The summed E-state index contributed by atoms with van der Waals surface area (Å²) in [4.78, 5) is 0.769. The Morgan fingerprint density at radius 2 is 1.79 bits per heavy atom. The lowest BCUT2D eigenvalue weighted by Gasteiger charge is -2.05. The van der Waals surface area contributed by atoms with Gasteiger partial charge < -0.3 is 0 Å². The van der Waals surface area contributed by atoms with E-state index in [9.17, 15) is 17.6 Å². The first-order valence-corrected chi connectivity index (χ1v) is 6.05. The lowest BCUT2D eigenvalue weighted by atomic mass is 10.2. The van der Waals surface area contributed by atoms with Crippen molar-refractivity contribution in [1.29, 1.82) is 0 Å². The number of hydrogen-bond acceptors (Lipinski definition) is 3. The highest BCUT2D eigenvalue weighted by Crippen LogP contribution is 2.24. The van der Waals surface area contributed by atoms with Crippen molar-refractivity contribution >= 4 is 23.2 Å². The van der Waals surface area contributed by atoms with Gasteiger partial charge in [0.15, 0.2) is 23.3 Å². The maximum Gasteiger partial charge on any atom is 0.186 e. The minimum Gasteiger partial charge on any atom is -0.272 e. The van der Waals surface area contributed by atoms with Crippen LogP contribution in [0.4, 0.5) is 23.2 Å². The number of anilines is 1. The third-order valence-corrected chi connectivity index (χ3v) is 3.33. The Balaban J connectivity index is 2.25. The summed E-state index contributed by atoms with van der Waals surface area (Å²) >= 11 is 1.37. The molecule has 0 fully saturated rings. The normalized spacial score (nSPS) is 11.2. The Morgan fingerprint density at radius 1 is 1.16 bits per heavy atom. The fourth-order valence-corrected chi connectivity index (χ4v) is 2.13. The number of rotatable bonds is 3. The average Bonchev–Trinajstić information content (AvgIpc) is 2.77. The Hall–Kier alpha value is -1.89. The van der Waals surface area contributed by atoms with Gasteiger partial charge in [-0.1, -0.05) is 0 Å². The van der Waals surface area contributed by atoms with Gasteiger partial charge in [0.1, 0.15) is 5.69 Å². The van der Waals surface area contributed by atoms with Gasteiger partial charge in [-0.15, -0.1) is 11.3 Å². The van der Waals surface area contributed by atoms with E-state index in [2.05, 4.69) is 5.10 Å². The standard InChI is InChI=1S/C12H8F4N2S/c1-6-2-3-19-9(6)5-17-18-12-10(15)7(13)4-8(14)11(12)16/h2-5,18H,1H3/b17-5+.